The molecule has 0 radical (unpaired) electrons. The summed E-state index contributed by atoms with van der Waals surface area (Å²) in [5, 5.41) is 2.70. The van der Waals surface area contributed by atoms with E-state index in [-0.39, 0.29) is 10.6 Å². The summed E-state index contributed by atoms with van der Waals surface area (Å²) in [6.07, 6.45) is 1.83. The largest absolute Gasteiger partial charge is 0.497 e. The van der Waals surface area contributed by atoms with Crippen LogP contribution in [0.2, 0.25) is 0 Å². The lowest BCUT2D eigenvalue weighted by molar-refractivity contribution is -0.116. The van der Waals surface area contributed by atoms with E-state index in [1.165, 1.54) is 11.8 Å². The molecule has 1 fully saturated rings. The molecule has 1 saturated heterocycles. The van der Waals surface area contributed by atoms with E-state index < -0.39 is 0 Å². The van der Waals surface area contributed by atoms with E-state index in [2.05, 4.69) is 17.9 Å². The van der Waals surface area contributed by atoms with Crippen LogP contribution in [0.3, 0.4) is 0 Å². The van der Waals surface area contributed by atoms with Crippen LogP contribution in [0.4, 0.5) is 0 Å². The molecule has 1 heterocycles. The third kappa shape index (κ3) is 2.54. The number of thiol groups is 1. The zero-order valence-electron chi connectivity index (χ0n) is 8.64. The Morgan fingerprint density at radius 1 is 1.56 bits per heavy atom. The standard InChI is InChI=1S/C11H11NO2S2/c1-14-8-4-2-3-7(5-8)6-9-10(13)12-11(15)16-9/h2-6,11,15H,1H3,(H,12,13)/b9-6-. The van der Waals surface area contributed by atoms with Gasteiger partial charge in [-0.2, -0.15) is 0 Å². The van der Waals surface area contributed by atoms with Gasteiger partial charge in [0.05, 0.1) is 12.0 Å². The molecule has 3 nitrogen and oxygen atoms in total. The molecule has 0 bridgehead atoms. The summed E-state index contributed by atoms with van der Waals surface area (Å²) in [5.41, 5.74) is 0.944. The SMILES string of the molecule is COc1cccc(/C=C2\SC(S)NC2=O)c1. The monoisotopic (exact) mass is 253 g/mol. The molecule has 0 spiro atoms. The quantitative estimate of drug-likeness (QED) is 0.626. The molecule has 1 aromatic rings. The molecule has 16 heavy (non-hydrogen) atoms. The second-order valence-corrected chi connectivity index (χ2v) is 5.24. The molecular weight excluding hydrogens is 242 g/mol. The Hall–Kier alpha value is -1.07. The fraction of sp³-hybridized carbons (Fsp3) is 0.182. The average Bonchev–Trinajstić information content (AvgIpc) is 2.58. The Labute approximate surface area is 104 Å². The fourth-order valence-corrected chi connectivity index (χ4v) is 2.60. The van der Waals surface area contributed by atoms with Crippen molar-refractivity contribution in [2.24, 2.45) is 0 Å². The summed E-state index contributed by atoms with van der Waals surface area (Å²) in [6, 6.07) is 7.56. The van der Waals surface area contributed by atoms with Gasteiger partial charge in [-0.25, -0.2) is 0 Å². The molecule has 1 N–H and O–H groups in total. The molecule has 1 amide bonds. The second kappa shape index (κ2) is 4.84. The van der Waals surface area contributed by atoms with Gasteiger partial charge in [-0.1, -0.05) is 23.9 Å². The minimum atomic E-state index is -0.149. The number of methoxy groups -OCH3 is 1. The van der Waals surface area contributed by atoms with Gasteiger partial charge in [0, 0.05) is 0 Å². The average molecular weight is 253 g/mol. The first-order valence-electron chi connectivity index (χ1n) is 4.70. The maximum Gasteiger partial charge on any atom is 0.259 e. The summed E-state index contributed by atoms with van der Waals surface area (Å²) in [4.78, 5) is 12.1. The number of thioether (sulfide) groups is 1. The van der Waals surface area contributed by atoms with Crippen LogP contribution < -0.4 is 10.1 Å². The molecule has 1 aliphatic heterocycles. The Bertz CT molecular complexity index is 445. The summed E-state index contributed by atoms with van der Waals surface area (Å²) < 4.78 is 4.97. The molecule has 84 valence electrons. The van der Waals surface area contributed by atoms with E-state index >= 15 is 0 Å². The highest BCUT2D eigenvalue weighted by Gasteiger charge is 2.23. The molecule has 0 aromatic heterocycles. The maximum absolute atomic E-state index is 11.5. The first kappa shape index (κ1) is 11.4. The van der Waals surface area contributed by atoms with E-state index in [1.807, 2.05) is 30.3 Å². The van der Waals surface area contributed by atoms with Crippen molar-refractivity contribution in [2.75, 3.05) is 7.11 Å². The van der Waals surface area contributed by atoms with Crippen molar-refractivity contribution in [3.05, 3.63) is 34.7 Å². The predicted octanol–water partition coefficient (Wildman–Crippen LogP) is 2.11. The van der Waals surface area contributed by atoms with Crippen molar-refractivity contribution < 1.29 is 9.53 Å². The van der Waals surface area contributed by atoms with Crippen molar-refractivity contribution in [1.29, 1.82) is 0 Å². The molecule has 1 atom stereocenters. The molecule has 5 heteroatoms. The highest BCUT2D eigenvalue weighted by Crippen LogP contribution is 2.31. The maximum atomic E-state index is 11.5. The minimum absolute atomic E-state index is 0.0761. The highest BCUT2D eigenvalue weighted by atomic mass is 32.2. The fourth-order valence-electron chi connectivity index (χ4n) is 1.37. The third-order valence-corrected chi connectivity index (χ3v) is 3.45. The zero-order valence-corrected chi connectivity index (χ0v) is 10.3. The van der Waals surface area contributed by atoms with E-state index in [0.717, 1.165) is 11.3 Å². The third-order valence-electron chi connectivity index (χ3n) is 2.11. The zero-order chi connectivity index (χ0) is 11.5. The molecule has 1 aliphatic rings. The molecule has 0 aliphatic carbocycles. The van der Waals surface area contributed by atoms with Gasteiger partial charge >= 0.3 is 0 Å². The Morgan fingerprint density at radius 2 is 2.38 bits per heavy atom. The molecule has 0 saturated carbocycles. The van der Waals surface area contributed by atoms with Gasteiger partial charge in [0.1, 0.15) is 10.5 Å². The second-order valence-electron chi connectivity index (χ2n) is 3.23. The van der Waals surface area contributed by atoms with Gasteiger partial charge in [-0.05, 0) is 23.8 Å². The lowest BCUT2D eigenvalue weighted by Crippen LogP contribution is -2.19. The number of rotatable bonds is 2. The number of ether oxygens (including phenoxy) is 1. The van der Waals surface area contributed by atoms with Crippen molar-refractivity contribution in [2.45, 2.75) is 4.71 Å². The van der Waals surface area contributed by atoms with Crippen LogP contribution in [-0.4, -0.2) is 17.7 Å². The highest BCUT2D eigenvalue weighted by molar-refractivity contribution is 8.14. The molecular formula is C11H11NO2S2. The number of benzene rings is 1. The van der Waals surface area contributed by atoms with Crippen molar-refractivity contribution in [1.82, 2.24) is 5.32 Å². The van der Waals surface area contributed by atoms with Gasteiger partial charge in [0.25, 0.3) is 5.91 Å². The van der Waals surface area contributed by atoms with Crippen LogP contribution in [-0.2, 0) is 4.79 Å². The van der Waals surface area contributed by atoms with E-state index in [1.54, 1.807) is 7.11 Å². The van der Waals surface area contributed by atoms with Crippen LogP contribution in [0.1, 0.15) is 5.56 Å². The van der Waals surface area contributed by atoms with Gasteiger partial charge < -0.3 is 10.1 Å². The Kier molecular flexibility index (Phi) is 3.46. The Morgan fingerprint density at radius 3 is 3.00 bits per heavy atom. The lowest BCUT2D eigenvalue weighted by Gasteiger charge is -2.00. The van der Waals surface area contributed by atoms with Crippen LogP contribution in [0.15, 0.2) is 29.2 Å². The summed E-state index contributed by atoms with van der Waals surface area (Å²) >= 11 is 5.59. The number of hydrogen-bond donors (Lipinski definition) is 2. The number of carbonyl (C=O) groups excluding carboxylic acids is 1. The number of carbonyl (C=O) groups is 1. The predicted molar refractivity (Wildman–Crippen MR) is 69.5 cm³/mol. The Balaban J connectivity index is 2.25. The summed E-state index contributed by atoms with van der Waals surface area (Å²) in [6.45, 7) is 0. The van der Waals surface area contributed by atoms with Gasteiger partial charge in [0.15, 0.2) is 0 Å². The van der Waals surface area contributed by atoms with Gasteiger partial charge in [-0.15, -0.1) is 12.6 Å². The van der Waals surface area contributed by atoms with Crippen molar-refractivity contribution in [3.63, 3.8) is 0 Å². The lowest BCUT2D eigenvalue weighted by atomic mass is 10.2. The van der Waals surface area contributed by atoms with Gasteiger partial charge in [0.2, 0.25) is 0 Å². The molecule has 2 rings (SSSR count). The van der Waals surface area contributed by atoms with Crippen LogP contribution >= 0.6 is 24.4 Å². The van der Waals surface area contributed by atoms with Gasteiger partial charge in [-0.3, -0.25) is 4.79 Å². The number of nitrogens with one attached hydrogen (secondary N) is 1. The molecule has 1 aromatic carbocycles. The first-order chi connectivity index (χ1) is 7.69. The summed E-state index contributed by atoms with van der Waals surface area (Å²) in [7, 11) is 1.62. The molecule has 1 unspecified atom stereocenters. The van der Waals surface area contributed by atoms with E-state index in [9.17, 15) is 4.79 Å². The van der Waals surface area contributed by atoms with Crippen molar-refractivity contribution >= 4 is 36.4 Å². The smallest absolute Gasteiger partial charge is 0.259 e. The van der Waals surface area contributed by atoms with Crippen LogP contribution in [0.5, 0.6) is 5.75 Å². The topological polar surface area (TPSA) is 38.3 Å². The first-order valence-corrected chi connectivity index (χ1v) is 6.10. The summed E-state index contributed by atoms with van der Waals surface area (Å²) in [5.74, 6) is 0.702. The van der Waals surface area contributed by atoms with E-state index in [0.29, 0.717) is 4.91 Å². The van der Waals surface area contributed by atoms with E-state index in [4.69, 9.17) is 4.74 Å². The number of hydrogen-bond acceptors (Lipinski definition) is 4. The van der Waals surface area contributed by atoms with Crippen molar-refractivity contribution in [3.8, 4) is 5.75 Å². The minimum Gasteiger partial charge on any atom is -0.497 e. The normalized spacial score (nSPS) is 22.2. The van der Waals surface area contributed by atoms with Crippen LogP contribution in [0.25, 0.3) is 6.08 Å². The van der Waals surface area contributed by atoms with Crippen LogP contribution in [0, 0.1) is 0 Å². The number of amides is 1.